The molecule has 0 spiro atoms. The summed E-state index contributed by atoms with van der Waals surface area (Å²) in [5.74, 6) is 0.573. The van der Waals surface area contributed by atoms with Crippen LogP contribution in [0, 0.1) is 12.1 Å². The molecular formula is C11H11NO2. The molecule has 0 fully saturated rings. The smallest absolute Gasteiger partial charge is 0.390 e. The Balaban J connectivity index is 2.07. The van der Waals surface area contributed by atoms with E-state index in [1.807, 2.05) is 19.9 Å². The van der Waals surface area contributed by atoms with E-state index >= 15 is 0 Å². The average molecular weight is 189 g/mol. The van der Waals surface area contributed by atoms with Crippen LogP contribution in [-0.2, 0) is 4.74 Å². The van der Waals surface area contributed by atoms with Crippen molar-refractivity contribution in [2.45, 2.75) is 19.4 Å². The predicted octanol–water partition coefficient (Wildman–Crippen LogP) is 1.83. The van der Waals surface area contributed by atoms with E-state index in [1.54, 1.807) is 12.1 Å². The van der Waals surface area contributed by atoms with Gasteiger partial charge in [-0.05, 0) is 38.1 Å². The van der Waals surface area contributed by atoms with Crippen molar-refractivity contribution in [2.24, 2.45) is 4.99 Å². The van der Waals surface area contributed by atoms with Gasteiger partial charge in [0.15, 0.2) is 5.75 Å². The van der Waals surface area contributed by atoms with Gasteiger partial charge in [0.2, 0.25) is 0 Å². The Labute approximate surface area is 83.4 Å². The van der Waals surface area contributed by atoms with Crippen molar-refractivity contribution in [3.8, 4) is 5.75 Å². The fraction of sp³-hybridized carbons (Fsp3) is 0.364. The van der Waals surface area contributed by atoms with Crippen molar-refractivity contribution in [3.05, 3.63) is 30.3 Å². The van der Waals surface area contributed by atoms with E-state index in [1.165, 1.54) is 0 Å². The van der Waals surface area contributed by atoms with Crippen LogP contribution < -0.4 is 4.74 Å². The van der Waals surface area contributed by atoms with Crippen LogP contribution in [0.3, 0.4) is 0 Å². The molecule has 72 valence electrons. The van der Waals surface area contributed by atoms with Gasteiger partial charge in [-0.3, -0.25) is 0 Å². The topological polar surface area (TPSA) is 30.8 Å². The van der Waals surface area contributed by atoms with Gasteiger partial charge in [0.1, 0.15) is 6.61 Å². The van der Waals surface area contributed by atoms with Gasteiger partial charge >= 0.3 is 6.08 Å². The second-order valence-corrected chi connectivity index (χ2v) is 3.74. The summed E-state index contributed by atoms with van der Waals surface area (Å²) in [6.45, 7) is 4.53. The van der Waals surface area contributed by atoms with Crippen LogP contribution in [0.15, 0.2) is 23.2 Å². The Hall–Kier alpha value is -1.69. The highest BCUT2D eigenvalue weighted by molar-refractivity contribution is 5.72. The van der Waals surface area contributed by atoms with Gasteiger partial charge in [-0.25, -0.2) is 4.99 Å². The van der Waals surface area contributed by atoms with Crippen LogP contribution in [0.5, 0.6) is 5.75 Å². The summed E-state index contributed by atoms with van der Waals surface area (Å²) in [6.07, 6.45) is 0.311. The number of hydrogen-bond donors (Lipinski definition) is 0. The Morgan fingerprint density at radius 2 is 2.43 bits per heavy atom. The third kappa shape index (κ3) is 1.97. The van der Waals surface area contributed by atoms with Gasteiger partial charge in [0, 0.05) is 0 Å². The Morgan fingerprint density at radius 1 is 1.57 bits per heavy atom. The van der Waals surface area contributed by atoms with Crippen molar-refractivity contribution in [1.82, 2.24) is 0 Å². The van der Waals surface area contributed by atoms with Gasteiger partial charge in [0.25, 0.3) is 0 Å². The van der Waals surface area contributed by atoms with Gasteiger partial charge in [0.05, 0.1) is 5.54 Å². The number of aliphatic imine (C=N–C) groups is 1. The molecule has 3 heteroatoms. The molecule has 0 bridgehead atoms. The van der Waals surface area contributed by atoms with Crippen LogP contribution in [0.4, 0.5) is 0 Å². The molecule has 1 aromatic carbocycles. The first kappa shape index (κ1) is 8.89. The molecule has 1 aliphatic heterocycles. The summed E-state index contributed by atoms with van der Waals surface area (Å²) >= 11 is 0. The molecule has 0 unspecified atom stereocenters. The molecule has 1 aliphatic rings. The van der Waals surface area contributed by atoms with E-state index in [0.717, 1.165) is 0 Å². The summed E-state index contributed by atoms with van der Waals surface area (Å²) < 4.78 is 10.6. The summed E-state index contributed by atoms with van der Waals surface area (Å²) in [4.78, 5) is 4.25. The molecule has 14 heavy (non-hydrogen) atoms. The Bertz CT molecular complexity index is 344. The maximum atomic E-state index is 5.35. The zero-order valence-corrected chi connectivity index (χ0v) is 8.20. The molecule has 0 saturated heterocycles. The van der Waals surface area contributed by atoms with Crippen LogP contribution in [-0.4, -0.2) is 18.2 Å². The number of nitrogens with zero attached hydrogens (tertiary/aromatic N) is 1. The molecule has 0 saturated carbocycles. The summed E-state index contributed by atoms with van der Waals surface area (Å²) in [5.41, 5.74) is -0.187. The number of ether oxygens (including phenoxy) is 2. The zero-order chi connectivity index (χ0) is 10.0. The van der Waals surface area contributed by atoms with E-state index in [2.05, 4.69) is 17.1 Å². The highest BCUT2D eigenvalue weighted by atomic mass is 16.7. The quantitative estimate of drug-likeness (QED) is 0.674. The lowest BCUT2D eigenvalue weighted by atomic mass is 10.1. The number of rotatable bonds is 1. The van der Waals surface area contributed by atoms with Crippen molar-refractivity contribution < 1.29 is 9.47 Å². The first-order chi connectivity index (χ1) is 6.66. The second kappa shape index (κ2) is 3.22. The van der Waals surface area contributed by atoms with E-state index in [-0.39, 0.29) is 5.54 Å². The molecule has 0 N–H and O–H groups in total. The normalized spacial score (nSPS) is 18.0. The summed E-state index contributed by atoms with van der Waals surface area (Å²) in [5, 5.41) is 0. The Morgan fingerprint density at radius 3 is 3.00 bits per heavy atom. The van der Waals surface area contributed by atoms with E-state index in [0.29, 0.717) is 18.4 Å². The maximum absolute atomic E-state index is 5.35. The minimum atomic E-state index is -0.187. The third-order valence-corrected chi connectivity index (χ3v) is 1.76. The molecule has 0 aliphatic carbocycles. The highest BCUT2D eigenvalue weighted by Crippen LogP contribution is 2.18. The van der Waals surface area contributed by atoms with Crippen LogP contribution in [0.25, 0.3) is 0 Å². The fourth-order valence-electron chi connectivity index (χ4n) is 1.09. The molecule has 0 atom stereocenters. The van der Waals surface area contributed by atoms with E-state index in [4.69, 9.17) is 9.47 Å². The molecular weight excluding hydrogens is 178 g/mol. The second-order valence-electron chi connectivity index (χ2n) is 3.74. The van der Waals surface area contributed by atoms with E-state index in [9.17, 15) is 0 Å². The van der Waals surface area contributed by atoms with Gasteiger partial charge in [-0.15, -0.1) is 0 Å². The average Bonchev–Trinajstić information content (AvgIpc) is 2.47. The highest BCUT2D eigenvalue weighted by Gasteiger charge is 2.27. The Kier molecular flexibility index (Phi) is 2.05. The lowest BCUT2D eigenvalue weighted by Gasteiger charge is -2.06. The molecule has 3 nitrogen and oxygen atoms in total. The maximum Gasteiger partial charge on any atom is 0.390 e. The lowest BCUT2D eigenvalue weighted by molar-refractivity contribution is 0.236. The van der Waals surface area contributed by atoms with Crippen LogP contribution >= 0.6 is 0 Å². The molecule has 1 aromatic rings. The van der Waals surface area contributed by atoms with Gasteiger partial charge < -0.3 is 9.47 Å². The third-order valence-electron chi connectivity index (χ3n) is 1.76. The molecule has 2 rings (SSSR count). The van der Waals surface area contributed by atoms with Crippen LogP contribution in [0.1, 0.15) is 13.8 Å². The van der Waals surface area contributed by atoms with Crippen molar-refractivity contribution in [1.29, 1.82) is 0 Å². The molecule has 0 aromatic heterocycles. The lowest BCUT2D eigenvalue weighted by Crippen LogP contribution is -2.17. The fourth-order valence-corrected chi connectivity index (χ4v) is 1.09. The standard InChI is InChI=1S/C11H11NO2/c1-11(2)8-13-10(12-11)14-9-6-4-3-5-7-9/h3-4,6H,8H2,1-2H3. The van der Waals surface area contributed by atoms with Crippen LogP contribution in [0.2, 0.25) is 0 Å². The number of hydrogen-bond acceptors (Lipinski definition) is 3. The first-order valence-electron chi connectivity index (χ1n) is 4.45. The van der Waals surface area contributed by atoms with Crippen molar-refractivity contribution in [2.75, 3.05) is 6.61 Å². The largest absolute Gasteiger partial charge is 0.448 e. The summed E-state index contributed by atoms with van der Waals surface area (Å²) in [6, 6.07) is 11.0. The molecule has 1 heterocycles. The van der Waals surface area contributed by atoms with Crippen molar-refractivity contribution >= 4 is 6.08 Å². The summed E-state index contributed by atoms with van der Waals surface area (Å²) in [7, 11) is 0. The van der Waals surface area contributed by atoms with Gasteiger partial charge in [-0.2, -0.15) is 0 Å². The zero-order valence-electron chi connectivity index (χ0n) is 8.20. The monoisotopic (exact) mass is 189 g/mol. The molecule has 0 amide bonds. The van der Waals surface area contributed by atoms with Gasteiger partial charge in [-0.1, -0.05) is 6.07 Å². The van der Waals surface area contributed by atoms with Crippen molar-refractivity contribution in [3.63, 3.8) is 0 Å². The minimum absolute atomic E-state index is 0.187. The molecule has 0 radical (unpaired) electrons. The minimum Gasteiger partial charge on any atom is -0.448 e. The first-order valence-corrected chi connectivity index (χ1v) is 4.45. The van der Waals surface area contributed by atoms with E-state index < -0.39 is 0 Å². The SMILES string of the molecule is CC1(C)COC(Oc2c#cccc2)=N1. The predicted molar refractivity (Wildman–Crippen MR) is 52.2 cm³/mol.